The number of nitrogens with zero attached hydrogens (tertiary/aromatic N) is 3. The molecule has 4 atom stereocenters. The summed E-state index contributed by atoms with van der Waals surface area (Å²) >= 11 is 12.7. The van der Waals surface area contributed by atoms with Crippen LogP contribution in [0.15, 0.2) is 72.8 Å². The summed E-state index contributed by atoms with van der Waals surface area (Å²) in [5, 5.41) is 0.372. The normalized spacial score (nSPS) is 22.4. The molecule has 46 heavy (non-hydrogen) atoms. The van der Waals surface area contributed by atoms with Gasteiger partial charge in [0.1, 0.15) is 18.0 Å². The van der Waals surface area contributed by atoms with Crippen molar-refractivity contribution in [3.05, 3.63) is 99.8 Å². The van der Waals surface area contributed by atoms with E-state index < -0.39 is 51.3 Å². The van der Waals surface area contributed by atoms with Crippen LogP contribution in [0.3, 0.4) is 0 Å². The molecule has 6 rings (SSSR count). The fourth-order valence-electron chi connectivity index (χ4n) is 6.20. The van der Waals surface area contributed by atoms with E-state index in [1.165, 1.54) is 27.4 Å². The predicted octanol–water partition coefficient (Wildman–Crippen LogP) is 6.40. The average Bonchev–Trinajstić information content (AvgIpc) is 3.93. The lowest BCUT2D eigenvalue weighted by molar-refractivity contribution is -0.182. The number of benzene rings is 3. The minimum Gasteiger partial charge on any atom is -0.357 e. The van der Waals surface area contributed by atoms with Crippen molar-refractivity contribution >= 4 is 50.7 Å². The van der Waals surface area contributed by atoms with Gasteiger partial charge in [0.15, 0.2) is 0 Å². The second-order valence-corrected chi connectivity index (χ2v) is 15.5. The fraction of sp³-hybridized carbons (Fsp3) is 0.412. The number of hydrogen-bond acceptors (Lipinski definition) is 5. The Labute approximate surface area is 279 Å². The summed E-state index contributed by atoms with van der Waals surface area (Å²) in [6, 6.07) is 18.7. The number of ether oxygens (including phenoxy) is 1. The maximum atomic E-state index is 15.3. The monoisotopic (exact) mass is 687 g/mol. The Morgan fingerprint density at radius 2 is 1.65 bits per heavy atom. The summed E-state index contributed by atoms with van der Waals surface area (Å²) in [6.45, 7) is -0.142. The summed E-state index contributed by atoms with van der Waals surface area (Å²) in [6.07, 6.45) is 0.405. The highest BCUT2D eigenvalue weighted by Gasteiger charge is 2.52. The molecule has 0 spiro atoms. The molecule has 244 valence electrons. The molecule has 1 saturated heterocycles. The lowest BCUT2D eigenvalue weighted by atomic mass is 9.89. The summed E-state index contributed by atoms with van der Waals surface area (Å²) < 4.78 is 50.9. The minimum absolute atomic E-state index is 0.0467. The van der Waals surface area contributed by atoms with E-state index in [2.05, 4.69) is 0 Å². The Bertz CT molecular complexity index is 1720. The Kier molecular flexibility index (Phi) is 9.36. The van der Waals surface area contributed by atoms with Crippen molar-refractivity contribution in [3.8, 4) is 0 Å². The maximum absolute atomic E-state index is 15.3. The summed E-state index contributed by atoms with van der Waals surface area (Å²) in [5.41, 5.74) is 1.36. The maximum Gasteiger partial charge on any atom is 0.253 e. The van der Waals surface area contributed by atoms with E-state index in [1.54, 1.807) is 55.4 Å². The average molecular weight is 689 g/mol. The van der Waals surface area contributed by atoms with Crippen molar-refractivity contribution in [2.75, 3.05) is 24.9 Å². The van der Waals surface area contributed by atoms with Crippen molar-refractivity contribution in [2.24, 2.45) is 5.92 Å². The van der Waals surface area contributed by atoms with Gasteiger partial charge in [0.2, 0.25) is 15.9 Å². The Morgan fingerprint density at radius 3 is 2.26 bits per heavy atom. The van der Waals surface area contributed by atoms with Crippen molar-refractivity contribution in [2.45, 2.75) is 61.6 Å². The second kappa shape index (κ2) is 13.1. The Morgan fingerprint density at radius 1 is 0.957 bits per heavy atom. The predicted molar refractivity (Wildman–Crippen MR) is 176 cm³/mol. The summed E-state index contributed by atoms with van der Waals surface area (Å²) in [5.74, 6) is -1.43. The highest BCUT2D eigenvalue weighted by Crippen LogP contribution is 2.49. The SMILES string of the molecule is CN(C)C(=O)CC1OC(c2cccc(Cl)c2)C(c2ccc(Cl)cc2)N(C(CN(c2ccccc2F)S(=O)(=O)C2CC2)C2CC2)C1=O. The first-order chi connectivity index (χ1) is 22.0. The van der Waals surface area contributed by atoms with Crippen LogP contribution in [0, 0.1) is 11.7 Å². The third-order valence-corrected chi connectivity index (χ3v) is 11.7. The first kappa shape index (κ1) is 32.7. The minimum atomic E-state index is -3.93. The van der Waals surface area contributed by atoms with E-state index in [4.69, 9.17) is 27.9 Å². The zero-order valence-electron chi connectivity index (χ0n) is 25.6. The lowest BCUT2D eigenvalue weighted by Gasteiger charge is -2.49. The number of carbonyl (C=O) groups is 2. The largest absolute Gasteiger partial charge is 0.357 e. The molecular weight excluding hydrogens is 652 g/mol. The molecule has 0 aromatic heterocycles. The number of sulfonamides is 1. The summed E-state index contributed by atoms with van der Waals surface area (Å²) in [7, 11) is -0.712. The molecule has 4 unspecified atom stereocenters. The van der Waals surface area contributed by atoms with E-state index in [1.807, 2.05) is 18.2 Å². The molecule has 3 aromatic carbocycles. The number of amides is 2. The van der Waals surface area contributed by atoms with Gasteiger partial charge in [-0.05, 0) is 79.1 Å². The van der Waals surface area contributed by atoms with Gasteiger partial charge in [0.05, 0.1) is 36.0 Å². The molecule has 2 aliphatic carbocycles. The second-order valence-electron chi connectivity index (χ2n) is 12.5. The molecule has 3 fully saturated rings. The van der Waals surface area contributed by atoms with E-state index in [0.29, 0.717) is 34.0 Å². The first-order valence-electron chi connectivity index (χ1n) is 15.4. The molecule has 1 aliphatic heterocycles. The smallest absolute Gasteiger partial charge is 0.253 e. The van der Waals surface area contributed by atoms with E-state index in [-0.39, 0.29) is 30.5 Å². The molecule has 3 aliphatic rings. The topological polar surface area (TPSA) is 87.2 Å². The molecule has 0 bridgehead atoms. The van der Waals surface area contributed by atoms with Crippen LogP contribution in [0.25, 0.3) is 0 Å². The highest BCUT2D eigenvalue weighted by molar-refractivity contribution is 7.93. The number of rotatable bonds is 11. The van der Waals surface area contributed by atoms with Gasteiger partial charge in [-0.3, -0.25) is 13.9 Å². The first-order valence-corrected chi connectivity index (χ1v) is 17.7. The van der Waals surface area contributed by atoms with Crippen LogP contribution >= 0.6 is 23.2 Å². The zero-order valence-corrected chi connectivity index (χ0v) is 27.9. The van der Waals surface area contributed by atoms with Crippen LogP contribution in [0.5, 0.6) is 0 Å². The fourth-order valence-corrected chi connectivity index (χ4v) is 8.40. The Hall–Kier alpha value is -3.18. The van der Waals surface area contributed by atoms with Gasteiger partial charge >= 0.3 is 0 Å². The molecule has 2 amide bonds. The molecule has 0 N–H and O–H groups in total. The molecule has 0 radical (unpaired) electrons. The third kappa shape index (κ3) is 6.76. The standard InChI is InChI=1S/C34H36Cl2FN3O5S/c1-38(2)31(41)19-30-34(42)40(32(22-12-14-24(35)15-13-22)33(45-30)23-6-5-7-25(36)18-23)29(21-10-11-21)20-39(46(43,44)26-16-17-26)28-9-4-3-8-27(28)37/h3-9,12-15,18,21,26,29-30,32-33H,10-11,16-17,19-20H2,1-2H3. The van der Waals surface area contributed by atoms with Crippen LogP contribution in [0.2, 0.25) is 10.0 Å². The number of hydrogen-bond donors (Lipinski definition) is 0. The van der Waals surface area contributed by atoms with Gasteiger partial charge < -0.3 is 14.5 Å². The van der Waals surface area contributed by atoms with Crippen LogP contribution in [-0.2, 0) is 24.3 Å². The van der Waals surface area contributed by atoms with Gasteiger partial charge in [0.25, 0.3) is 5.91 Å². The van der Waals surface area contributed by atoms with Crippen molar-refractivity contribution in [1.29, 1.82) is 0 Å². The van der Waals surface area contributed by atoms with Crippen LogP contribution in [-0.4, -0.2) is 68.1 Å². The molecule has 2 saturated carbocycles. The molecule has 8 nitrogen and oxygen atoms in total. The number of halogens is 3. The zero-order chi connectivity index (χ0) is 32.7. The van der Waals surface area contributed by atoms with Gasteiger partial charge in [-0.15, -0.1) is 0 Å². The van der Waals surface area contributed by atoms with Gasteiger partial charge in [-0.25, -0.2) is 12.8 Å². The third-order valence-electron chi connectivity index (χ3n) is 8.93. The van der Waals surface area contributed by atoms with Gasteiger partial charge in [-0.1, -0.05) is 59.6 Å². The van der Waals surface area contributed by atoms with Crippen molar-refractivity contribution < 1.29 is 27.1 Å². The van der Waals surface area contributed by atoms with Crippen LogP contribution < -0.4 is 4.31 Å². The van der Waals surface area contributed by atoms with E-state index in [0.717, 1.165) is 12.8 Å². The number of para-hydroxylation sites is 1. The lowest BCUT2D eigenvalue weighted by Crippen LogP contribution is -2.59. The number of morpholine rings is 1. The van der Waals surface area contributed by atoms with Gasteiger partial charge in [-0.2, -0.15) is 0 Å². The molecule has 1 heterocycles. The number of carbonyl (C=O) groups excluding carboxylic acids is 2. The van der Waals surface area contributed by atoms with E-state index >= 15 is 4.39 Å². The highest BCUT2D eigenvalue weighted by atomic mass is 35.5. The van der Waals surface area contributed by atoms with E-state index in [9.17, 15) is 18.0 Å². The van der Waals surface area contributed by atoms with Crippen LogP contribution in [0.1, 0.15) is 55.4 Å². The number of anilines is 1. The van der Waals surface area contributed by atoms with Crippen molar-refractivity contribution in [1.82, 2.24) is 9.80 Å². The molecule has 3 aromatic rings. The quantitative estimate of drug-likeness (QED) is 0.233. The summed E-state index contributed by atoms with van der Waals surface area (Å²) in [4.78, 5) is 30.8. The van der Waals surface area contributed by atoms with Gasteiger partial charge in [0, 0.05) is 24.1 Å². The van der Waals surface area contributed by atoms with Crippen molar-refractivity contribution in [3.63, 3.8) is 0 Å². The van der Waals surface area contributed by atoms with Crippen LogP contribution in [0.4, 0.5) is 10.1 Å². The Balaban J connectivity index is 1.51. The molecule has 12 heteroatoms. The molecular formula is C34H36Cl2FN3O5S.